The Bertz CT molecular complexity index is 887. The second-order valence-electron chi connectivity index (χ2n) is 5.01. The Hall–Kier alpha value is -2.75. The number of amides is 1. The summed E-state index contributed by atoms with van der Waals surface area (Å²) in [5, 5.41) is 12.0. The number of carbonyl (C=O) groups is 1. The molecule has 0 atom stereocenters. The van der Waals surface area contributed by atoms with E-state index in [0.29, 0.717) is 16.5 Å². The number of nitrogens with one attached hydrogen (secondary N) is 1. The molecule has 0 radical (unpaired) electrons. The monoisotopic (exact) mass is 368 g/mol. The average Bonchev–Trinajstić information content (AvgIpc) is 3.21. The zero-order valence-electron chi connectivity index (χ0n) is 12.8. The smallest absolute Gasteiger partial charge is 0.416 e. The van der Waals surface area contributed by atoms with Crippen LogP contribution < -0.4 is 5.32 Å². The van der Waals surface area contributed by atoms with Crippen LogP contribution in [0.5, 0.6) is 0 Å². The Balaban J connectivity index is 1.68. The number of aromatic nitrogens is 3. The molecule has 6 nitrogen and oxygen atoms in total. The van der Waals surface area contributed by atoms with Gasteiger partial charge in [-0.05, 0) is 12.1 Å². The van der Waals surface area contributed by atoms with Crippen LogP contribution in [-0.2, 0) is 12.7 Å². The molecule has 130 valence electrons. The van der Waals surface area contributed by atoms with E-state index < -0.39 is 17.6 Å². The van der Waals surface area contributed by atoms with Gasteiger partial charge in [0.15, 0.2) is 0 Å². The zero-order chi connectivity index (χ0) is 18.0. The number of hydrogen-bond acceptors (Lipinski definition) is 6. The molecule has 0 saturated heterocycles. The molecular weight excluding hydrogens is 357 g/mol. The molecule has 10 heteroatoms. The topological polar surface area (TPSA) is 80.9 Å². The van der Waals surface area contributed by atoms with Crippen molar-refractivity contribution in [1.29, 1.82) is 0 Å². The van der Waals surface area contributed by atoms with Gasteiger partial charge in [-0.15, -0.1) is 21.5 Å². The van der Waals surface area contributed by atoms with E-state index in [9.17, 15) is 18.0 Å². The maximum absolute atomic E-state index is 12.6. The van der Waals surface area contributed by atoms with E-state index in [-0.39, 0.29) is 18.1 Å². The van der Waals surface area contributed by atoms with Gasteiger partial charge in [-0.1, -0.05) is 12.1 Å². The molecule has 2 heterocycles. The van der Waals surface area contributed by atoms with Gasteiger partial charge in [0.25, 0.3) is 5.91 Å². The minimum Gasteiger partial charge on any atom is -0.424 e. The van der Waals surface area contributed by atoms with Gasteiger partial charge in [0.2, 0.25) is 11.8 Å². The molecule has 0 bridgehead atoms. The molecule has 2 aromatic heterocycles. The van der Waals surface area contributed by atoms with E-state index in [1.54, 1.807) is 6.92 Å². The van der Waals surface area contributed by atoms with Crippen LogP contribution in [0.25, 0.3) is 10.6 Å². The van der Waals surface area contributed by atoms with Crippen molar-refractivity contribution in [3.63, 3.8) is 0 Å². The van der Waals surface area contributed by atoms with Crippen molar-refractivity contribution in [2.45, 2.75) is 19.6 Å². The van der Waals surface area contributed by atoms with Gasteiger partial charge in [0, 0.05) is 17.9 Å². The third-order valence-corrected chi connectivity index (χ3v) is 4.06. The summed E-state index contributed by atoms with van der Waals surface area (Å²) in [5.74, 6) is 0.219. The first-order chi connectivity index (χ1) is 11.8. The van der Waals surface area contributed by atoms with Crippen LogP contribution in [0.1, 0.15) is 27.8 Å². The van der Waals surface area contributed by atoms with E-state index in [1.807, 2.05) is 0 Å². The maximum atomic E-state index is 12.6. The van der Waals surface area contributed by atoms with Crippen LogP contribution in [0.15, 0.2) is 34.1 Å². The second-order valence-corrected chi connectivity index (χ2v) is 5.87. The standard InChI is InChI=1S/C15H11F3N4O2S/c1-8-21-22-12(24-8)6-19-13(23)11-7-25-14(20-11)9-2-4-10(5-3-9)15(16,17)18/h2-5,7H,6H2,1H3,(H,19,23). The number of hydrogen-bond donors (Lipinski definition) is 1. The average molecular weight is 368 g/mol. The molecule has 0 fully saturated rings. The molecule has 0 spiro atoms. The van der Waals surface area contributed by atoms with Crippen LogP contribution in [0.3, 0.4) is 0 Å². The second kappa shape index (κ2) is 6.63. The molecule has 1 amide bonds. The maximum Gasteiger partial charge on any atom is 0.416 e. The van der Waals surface area contributed by atoms with Crippen LogP contribution in [0, 0.1) is 6.92 Å². The largest absolute Gasteiger partial charge is 0.424 e. The van der Waals surface area contributed by atoms with E-state index in [4.69, 9.17) is 4.42 Å². The van der Waals surface area contributed by atoms with E-state index in [1.165, 1.54) is 28.8 Å². The molecular formula is C15H11F3N4O2S. The molecule has 0 unspecified atom stereocenters. The number of nitrogens with zero attached hydrogens (tertiary/aromatic N) is 3. The SMILES string of the molecule is Cc1nnc(CNC(=O)c2csc(-c3ccc(C(F)(F)F)cc3)n2)o1. The summed E-state index contributed by atoms with van der Waals surface area (Å²) in [5.41, 5.74) is -0.0682. The van der Waals surface area contributed by atoms with Crippen LogP contribution in [0.2, 0.25) is 0 Å². The van der Waals surface area contributed by atoms with Crippen molar-refractivity contribution >= 4 is 17.2 Å². The lowest BCUT2D eigenvalue weighted by molar-refractivity contribution is -0.137. The zero-order valence-corrected chi connectivity index (χ0v) is 13.6. The Morgan fingerprint density at radius 2 is 1.96 bits per heavy atom. The first kappa shape index (κ1) is 17.1. The van der Waals surface area contributed by atoms with Crippen molar-refractivity contribution in [2.75, 3.05) is 0 Å². The van der Waals surface area contributed by atoms with Crippen molar-refractivity contribution in [3.05, 3.63) is 52.7 Å². The van der Waals surface area contributed by atoms with Crippen LogP contribution in [-0.4, -0.2) is 21.1 Å². The molecule has 0 aliphatic heterocycles. The van der Waals surface area contributed by atoms with Gasteiger partial charge in [-0.25, -0.2) is 4.98 Å². The minimum absolute atomic E-state index is 0.0623. The minimum atomic E-state index is -4.39. The van der Waals surface area contributed by atoms with Gasteiger partial charge in [-0.3, -0.25) is 4.79 Å². The van der Waals surface area contributed by atoms with E-state index in [0.717, 1.165) is 12.1 Å². The van der Waals surface area contributed by atoms with Crippen molar-refractivity contribution in [3.8, 4) is 10.6 Å². The predicted octanol–water partition coefficient (Wildman–Crippen LogP) is 3.45. The summed E-state index contributed by atoms with van der Waals surface area (Å²) >= 11 is 1.17. The number of benzene rings is 1. The molecule has 3 aromatic rings. The quantitative estimate of drug-likeness (QED) is 0.763. The van der Waals surface area contributed by atoms with Gasteiger partial charge < -0.3 is 9.73 Å². The molecule has 1 N–H and O–H groups in total. The Labute approximate surface area is 143 Å². The van der Waals surface area contributed by atoms with Crippen LogP contribution in [0.4, 0.5) is 13.2 Å². The highest BCUT2D eigenvalue weighted by atomic mass is 32.1. The predicted molar refractivity (Wildman–Crippen MR) is 82.8 cm³/mol. The van der Waals surface area contributed by atoms with Crippen molar-refractivity contribution in [2.24, 2.45) is 0 Å². The summed E-state index contributed by atoms with van der Waals surface area (Å²) in [4.78, 5) is 16.2. The lowest BCUT2D eigenvalue weighted by Gasteiger charge is -2.06. The fourth-order valence-electron chi connectivity index (χ4n) is 1.97. The number of rotatable bonds is 4. The Morgan fingerprint density at radius 1 is 1.24 bits per heavy atom. The number of thiazole rings is 1. The Kier molecular flexibility index (Phi) is 4.53. The first-order valence-electron chi connectivity index (χ1n) is 7.03. The van der Waals surface area contributed by atoms with Gasteiger partial charge in [0.1, 0.15) is 10.7 Å². The number of carbonyl (C=O) groups excluding carboxylic acids is 1. The highest BCUT2D eigenvalue weighted by Gasteiger charge is 2.30. The van der Waals surface area contributed by atoms with Crippen molar-refractivity contribution in [1.82, 2.24) is 20.5 Å². The molecule has 3 rings (SSSR count). The van der Waals surface area contributed by atoms with Crippen molar-refractivity contribution < 1.29 is 22.4 Å². The summed E-state index contributed by atoms with van der Waals surface area (Å²) in [6.45, 7) is 1.70. The molecule has 25 heavy (non-hydrogen) atoms. The normalized spacial score (nSPS) is 11.5. The van der Waals surface area contributed by atoms with E-state index >= 15 is 0 Å². The van der Waals surface area contributed by atoms with Crippen LogP contribution >= 0.6 is 11.3 Å². The number of alkyl halides is 3. The van der Waals surface area contributed by atoms with Gasteiger partial charge >= 0.3 is 6.18 Å². The fraction of sp³-hybridized carbons (Fsp3) is 0.200. The molecule has 0 aliphatic rings. The summed E-state index contributed by atoms with van der Waals surface area (Å²) in [6.07, 6.45) is -4.39. The van der Waals surface area contributed by atoms with Gasteiger partial charge in [0.05, 0.1) is 12.1 Å². The van der Waals surface area contributed by atoms with Gasteiger partial charge in [-0.2, -0.15) is 13.2 Å². The highest BCUT2D eigenvalue weighted by Crippen LogP contribution is 2.31. The molecule has 0 saturated carbocycles. The summed E-state index contributed by atoms with van der Waals surface area (Å²) in [7, 11) is 0. The summed E-state index contributed by atoms with van der Waals surface area (Å²) in [6, 6.07) is 4.61. The third-order valence-electron chi connectivity index (χ3n) is 3.16. The van der Waals surface area contributed by atoms with E-state index in [2.05, 4.69) is 20.5 Å². The number of aryl methyl sites for hydroxylation is 1. The number of halogens is 3. The first-order valence-corrected chi connectivity index (χ1v) is 7.91. The highest BCUT2D eigenvalue weighted by molar-refractivity contribution is 7.13. The lowest BCUT2D eigenvalue weighted by Crippen LogP contribution is -2.23. The molecule has 0 aliphatic carbocycles. The molecule has 1 aromatic carbocycles. The fourth-order valence-corrected chi connectivity index (χ4v) is 2.77. The summed E-state index contributed by atoms with van der Waals surface area (Å²) < 4.78 is 42.9. The lowest BCUT2D eigenvalue weighted by atomic mass is 10.1. The Morgan fingerprint density at radius 3 is 2.56 bits per heavy atom. The third kappa shape index (κ3) is 4.02.